The maximum Gasteiger partial charge on any atom is 0.325 e. The molecular weight excluding hydrogens is 354 g/mol. The number of amides is 3. The SMILES string of the molecule is CCOc1ccc(NC2=NC3C(C(=O)NC(=O)N3C)N2CC(=O)OC)cc1. The topological polar surface area (TPSA) is 113 Å². The van der Waals surface area contributed by atoms with Crippen LogP contribution in [0, 0.1) is 0 Å². The smallest absolute Gasteiger partial charge is 0.325 e. The van der Waals surface area contributed by atoms with Gasteiger partial charge in [0.05, 0.1) is 13.7 Å². The third-order valence-electron chi connectivity index (χ3n) is 4.31. The van der Waals surface area contributed by atoms with E-state index in [9.17, 15) is 14.4 Å². The number of methoxy groups -OCH3 is 1. The summed E-state index contributed by atoms with van der Waals surface area (Å²) in [7, 11) is 2.81. The zero-order chi connectivity index (χ0) is 19.6. The fourth-order valence-electron chi connectivity index (χ4n) is 2.94. The maximum absolute atomic E-state index is 12.4. The van der Waals surface area contributed by atoms with Gasteiger partial charge in [-0.3, -0.25) is 14.9 Å². The molecule has 0 aliphatic carbocycles. The molecule has 0 radical (unpaired) electrons. The Hall–Kier alpha value is -3.30. The molecule has 2 heterocycles. The summed E-state index contributed by atoms with van der Waals surface area (Å²) in [5.41, 5.74) is 0.695. The first-order valence-electron chi connectivity index (χ1n) is 8.43. The Labute approximate surface area is 156 Å². The second-order valence-electron chi connectivity index (χ2n) is 6.00. The number of ether oxygens (including phenoxy) is 2. The Morgan fingerprint density at radius 3 is 2.63 bits per heavy atom. The fourth-order valence-corrected chi connectivity index (χ4v) is 2.94. The monoisotopic (exact) mass is 375 g/mol. The van der Waals surface area contributed by atoms with Crippen molar-refractivity contribution in [1.82, 2.24) is 15.1 Å². The number of esters is 1. The molecule has 0 saturated carbocycles. The number of nitrogens with one attached hydrogen (secondary N) is 2. The lowest BCUT2D eigenvalue weighted by atomic mass is 10.1. The Kier molecular flexibility index (Phi) is 5.15. The number of likely N-dealkylation sites (N-methyl/N-ethyl adjacent to an activating group) is 1. The molecule has 1 aromatic carbocycles. The van der Waals surface area contributed by atoms with E-state index in [4.69, 9.17) is 9.47 Å². The minimum Gasteiger partial charge on any atom is -0.494 e. The number of carbonyl (C=O) groups excluding carboxylic acids is 3. The summed E-state index contributed by atoms with van der Waals surface area (Å²) in [6.07, 6.45) is -0.735. The largest absolute Gasteiger partial charge is 0.494 e. The van der Waals surface area contributed by atoms with E-state index in [1.54, 1.807) is 31.3 Å². The van der Waals surface area contributed by atoms with Gasteiger partial charge in [-0.2, -0.15) is 0 Å². The van der Waals surface area contributed by atoms with Crippen molar-refractivity contribution in [3.05, 3.63) is 24.3 Å². The molecule has 144 valence electrons. The Bertz CT molecular complexity index is 778. The van der Waals surface area contributed by atoms with Gasteiger partial charge in [0.1, 0.15) is 12.3 Å². The van der Waals surface area contributed by atoms with Crippen molar-refractivity contribution in [2.75, 3.05) is 32.6 Å². The second-order valence-corrected chi connectivity index (χ2v) is 6.00. The summed E-state index contributed by atoms with van der Waals surface area (Å²) in [5, 5.41) is 5.36. The van der Waals surface area contributed by atoms with Gasteiger partial charge in [0.25, 0.3) is 5.91 Å². The molecule has 2 N–H and O–H groups in total. The van der Waals surface area contributed by atoms with Crippen molar-refractivity contribution in [2.45, 2.75) is 19.1 Å². The Morgan fingerprint density at radius 2 is 2.00 bits per heavy atom. The molecular formula is C17H21N5O5. The standard InChI is InChI=1S/C17H21N5O5/c1-4-27-11-7-5-10(6-8-11)18-16-19-14-13(22(16)9-12(23)26-3)15(24)20-17(25)21(14)2/h5-8,13-14H,4,9H2,1-3H3,(H,18,19)(H,20,24,25). The van der Waals surface area contributed by atoms with Gasteiger partial charge in [-0.25, -0.2) is 9.79 Å². The average molecular weight is 375 g/mol. The number of fused-ring (bicyclic) bond motifs is 1. The van der Waals surface area contributed by atoms with Crippen LogP contribution < -0.4 is 15.4 Å². The number of aliphatic imine (C=N–C) groups is 1. The number of imide groups is 1. The fraction of sp³-hybridized carbons (Fsp3) is 0.412. The first kappa shape index (κ1) is 18.5. The van der Waals surface area contributed by atoms with Crippen molar-refractivity contribution in [3.8, 4) is 5.75 Å². The quantitative estimate of drug-likeness (QED) is 0.708. The molecule has 27 heavy (non-hydrogen) atoms. The number of nitrogens with zero attached hydrogens (tertiary/aromatic N) is 3. The predicted molar refractivity (Wildman–Crippen MR) is 96.3 cm³/mol. The predicted octanol–water partition coefficient (Wildman–Crippen LogP) is 0.218. The number of hydrogen-bond donors (Lipinski definition) is 2. The summed E-state index contributed by atoms with van der Waals surface area (Å²) in [6.45, 7) is 2.27. The van der Waals surface area contributed by atoms with Crippen LogP contribution in [0.1, 0.15) is 6.92 Å². The van der Waals surface area contributed by atoms with Gasteiger partial charge in [-0.1, -0.05) is 0 Å². The van der Waals surface area contributed by atoms with Crippen LogP contribution in [0.5, 0.6) is 5.75 Å². The van der Waals surface area contributed by atoms with Crippen LogP contribution in [-0.4, -0.2) is 73.2 Å². The second kappa shape index (κ2) is 7.52. The van der Waals surface area contributed by atoms with Crippen molar-refractivity contribution < 1.29 is 23.9 Å². The summed E-state index contributed by atoms with van der Waals surface area (Å²) < 4.78 is 10.1. The minimum absolute atomic E-state index is 0.185. The minimum atomic E-state index is -0.822. The number of guanidine groups is 1. The van der Waals surface area contributed by atoms with Crippen LogP contribution in [0.3, 0.4) is 0 Å². The van der Waals surface area contributed by atoms with Gasteiger partial charge in [0, 0.05) is 12.7 Å². The van der Waals surface area contributed by atoms with Gasteiger partial charge in [0.15, 0.2) is 12.2 Å². The first-order valence-corrected chi connectivity index (χ1v) is 8.43. The molecule has 3 amide bonds. The highest BCUT2D eigenvalue weighted by Crippen LogP contribution is 2.25. The highest BCUT2D eigenvalue weighted by atomic mass is 16.5. The molecule has 2 aliphatic rings. The molecule has 0 spiro atoms. The highest BCUT2D eigenvalue weighted by Gasteiger charge is 2.49. The van der Waals surface area contributed by atoms with Gasteiger partial charge in [-0.05, 0) is 31.2 Å². The number of urea groups is 1. The molecule has 1 fully saturated rings. The summed E-state index contributed by atoms with van der Waals surface area (Å²) in [5.74, 6) is -0.0130. The van der Waals surface area contributed by atoms with Gasteiger partial charge >= 0.3 is 12.0 Å². The van der Waals surface area contributed by atoms with Gasteiger partial charge < -0.3 is 24.6 Å². The lowest BCUT2D eigenvalue weighted by Gasteiger charge is -2.35. The van der Waals surface area contributed by atoms with Crippen molar-refractivity contribution in [1.29, 1.82) is 0 Å². The zero-order valence-electron chi connectivity index (χ0n) is 15.3. The lowest BCUT2D eigenvalue weighted by Crippen LogP contribution is -2.64. The van der Waals surface area contributed by atoms with E-state index in [0.717, 1.165) is 5.75 Å². The van der Waals surface area contributed by atoms with Crippen LogP contribution in [-0.2, 0) is 14.3 Å². The van der Waals surface area contributed by atoms with Crippen LogP contribution in [0.25, 0.3) is 0 Å². The van der Waals surface area contributed by atoms with Crippen molar-refractivity contribution in [2.24, 2.45) is 4.99 Å². The number of hydrogen-bond acceptors (Lipinski definition) is 8. The van der Waals surface area contributed by atoms with Gasteiger partial charge in [0.2, 0.25) is 5.96 Å². The Morgan fingerprint density at radius 1 is 1.30 bits per heavy atom. The van der Waals surface area contributed by atoms with Gasteiger partial charge in [-0.15, -0.1) is 0 Å². The van der Waals surface area contributed by atoms with Crippen LogP contribution >= 0.6 is 0 Å². The Balaban J connectivity index is 1.86. The molecule has 0 bridgehead atoms. The number of anilines is 1. The van der Waals surface area contributed by atoms with E-state index < -0.39 is 30.1 Å². The number of rotatable bonds is 5. The van der Waals surface area contributed by atoms with Crippen LogP contribution in [0.2, 0.25) is 0 Å². The van der Waals surface area contributed by atoms with Crippen LogP contribution in [0.15, 0.2) is 29.3 Å². The third-order valence-corrected chi connectivity index (χ3v) is 4.31. The molecule has 2 unspecified atom stereocenters. The molecule has 1 saturated heterocycles. The summed E-state index contributed by atoms with van der Waals surface area (Å²) in [6, 6.07) is 5.81. The maximum atomic E-state index is 12.4. The first-order chi connectivity index (χ1) is 12.9. The van der Waals surface area contributed by atoms with Crippen molar-refractivity contribution >= 4 is 29.6 Å². The summed E-state index contributed by atoms with van der Waals surface area (Å²) in [4.78, 5) is 43.3. The highest BCUT2D eigenvalue weighted by molar-refractivity contribution is 6.06. The van der Waals surface area contributed by atoms with E-state index in [0.29, 0.717) is 18.3 Å². The van der Waals surface area contributed by atoms with E-state index in [1.807, 2.05) is 6.92 Å². The number of carbonyl (C=O) groups is 3. The summed E-state index contributed by atoms with van der Waals surface area (Å²) >= 11 is 0. The van der Waals surface area contributed by atoms with E-state index in [1.165, 1.54) is 16.9 Å². The lowest BCUT2D eigenvalue weighted by molar-refractivity contribution is -0.142. The molecule has 3 rings (SSSR count). The van der Waals surface area contributed by atoms with Crippen molar-refractivity contribution in [3.63, 3.8) is 0 Å². The normalized spacial score (nSPS) is 21.4. The molecule has 2 aliphatic heterocycles. The molecule has 1 aromatic rings. The zero-order valence-corrected chi connectivity index (χ0v) is 15.3. The molecule has 10 nitrogen and oxygen atoms in total. The molecule has 10 heteroatoms. The van der Waals surface area contributed by atoms with E-state index >= 15 is 0 Å². The average Bonchev–Trinajstić information content (AvgIpc) is 3.00. The van der Waals surface area contributed by atoms with E-state index in [-0.39, 0.29) is 6.54 Å². The van der Waals surface area contributed by atoms with E-state index in [2.05, 4.69) is 15.6 Å². The molecule has 2 atom stereocenters. The third kappa shape index (κ3) is 3.64. The molecule has 0 aromatic heterocycles. The van der Waals surface area contributed by atoms with Crippen LogP contribution in [0.4, 0.5) is 10.5 Å². The number of benzene rings is 1.